The Hall–Kier alpha value is -0.350. The largest absolute Gasteiger partial charge is 0.375 e. The highest BCUT2D eigenvalue weighted by Gasteiger charge is 2.24. The Morgan fingerprint density at radius 2 is 1.92 bits per heavy atom. The number of thiocarbonyl (C=S) groups is 1. The number of hydrogen-bond donors (Lipinski definition) is 2. The van der Waals surface area contributed by atoms with Crippen LogP contribution in [0.5, 0.6) is 0 Å². The second kappa shape index (κ2) is 4.05. The van der Waals surface area contributed by atoms with Gasteiger partial charge in [0, 0.05) is 12.1 Å². The molecule has 1 aliphatic heterocycles. The molecule has 3 N–H and O–H groups in total. The topological polar surface area (TPSA) is 41.3 Å². The zero-order valence-corrected chi connectivity index (χ0v) is 8.53. The summed E-state index contributed by atoms with van der Waals surface area (Å²) in [5.74, 6) is 0. The van der Waals surface area contributed by atoms with Crippen molar-refractivity contribution in [1.82, 2.24) is 10.4 Å². The Morgan fingerprint density at radius 3 is 2.33 bits per heavy atom. The summed E-state index contributed by atoms with van der Waals surface area (Å²) in [5, 5.41) is 2.53. The van der Waals surface area contributed by atoms with E-state index in [4.69, 9.17) is 18.0 Å². The maximum atomic E-state index is 5.43. The van der Waals surface area contributed by atoms with Gasteiger partial charge in [0.05, 0.1) is 0 Å². The molecule has 0 aromatic rings. The Morgan fingerprint density at radius 1 is 1.42 bits per heavy atom. The smallest absolute Gasteiger partial charge is 0.178 e. The predicted molar refractivity (Wildman–Crippen MR) is 54.5 cm³/mol. The molecule has 0 amide bonds. The molecular weight excluding hydrogens is 170 g/mol. The molecule has 0 saturated carbocycles. The molecule has 1 heterocycles. The van der Waals surface area contributed by atoms with E-state index in [9.17, 15) is 0 Å². The number of nitrogens with two attached hydrogens (primary N) is 1. The molecule has 0 spiro atoms. The van der Waals surface area contributed by atoms with E-state index < -0.39 is 0 Å². The van der Waals surface area contributed by atoms with Gasteiger partial charge in [0.1, 0.15) is 0 Å². The van der Waals surface area contributed by atoms with Crippen molar-refractivity contribution in [3.63, 3.8) is 0 Å². The van der Waals surface area contributed by atoms with Crippen molar-refractivity contribution < 1.29 is 0 Å². The molecule has 3 nitrogen and oxygen atoms in total. The second-order valence-electron chi connectivity index (χ2n) is 3.51. The summed E-state index contributed by atoms with van der Waals surface area (Å²) in [6.07, 6.45) is 3.75. The van der Waals surface area contributed by atoms with Crippen LogP contribution < -0.4 is 11.2 Å². The fraction of sp³-hybridized carbons (Fsp3) is 0.875. The highest BCUT2D eigenvalue weighted by atomic mass is 32.1. The molecule has 1 fully saturated rings. The summed E-state index contributed by atoms with van der Waals surface area (Å²) in [7, 11) is 0. The fourth-order valence-electron chi connectivity index (χ4n) is 1.77. The van der Waals surface area contributed by atoms with Gasteiger partial charge in [-0.2, -0.15) is 0 Å². The van der Waals surface area contributed by atoms with Crippen molar-refractivity contribution >= 4 is 17.3 Å². The van der Waals surface area contributed by atoms with Crippen molar-refractivity contribution in [3.8, 4) is 0 Å². The highest BCUT2D eigenvalue weighted by molar-refractivity contribution is 7.80. The normalized spacial score (nSPS) is 31.5. The van der Waals surface area contributed by atoms with Gasteiger partial charge in [-0.3, -0.25) is 5.43 Å². The van der Waals surface area contributed by atoms with Crippen LogP contribution in [-0.4, -0.2) is 22.2 Å². The number of hydrazine groups is 1. The Kier molecular flexibility index (Phi) is 3.29. The predicted octanol–water partition coefficient (Wildman–Crippen LogP) is 0.998. The summed E-state index contributed by atoms with van der Waals surface area (Å²) in [6, 6.07) is 1.07. The van der Waals surface area contributed by atoms with Crippen LogP contribution in [0.25, 0.3) is 0 Å². The van der Waals surface area contributed by atoms with Gasteiger partial charge in [0.2, 0.25) is 0 Å². The first kappa shape index (κ1) is 9.74. The van der Waals surface area contributed by atoms with E-state index in [2.05, 4.69) is 24.3 Å². The monoisotopic (exact) mass is 187 g/mol. The molecule has 70 valence electrons. The lowest BCUT2D eigenvalue weighted by Gasteiger charge is -2.38. The van der Waals surface area contributed by atoms with E-state index in [1.807, 2.05) is 0 Å². The van der Waals surface area contributed by atoms with Gasteiger partial charge in [0.25, 0.3) is 0 Å². The molecule has 4 heteroatoms. The molecular formula is C8H17N3S. The minimum Gasteiger partial charge on any atom is -0.375 e. The zero-order chi connectivity index (χ0) is 9.14. The lowest BCUT2D eigenvalue weighted by Crippen LogP contribution is -2.55. The van der Waals surface area contributed by atoms with Gasteiger partial charge in [0.15, 0.2) is 5.11 Å². The van der Waals surface area contributed by atoms with E-state index in [1.54, 1.807) is 0 Å². The van der Waals surface area contributed by atoms with Crippen LogP contribution in [0.1, 0.15) is 33.1 Å². The van der Waals surface area contributed by atoms with Crippen LogP contribution in [0.2, 0.25) is 0 Å². The number of nitrogens with one attached hydrogen (secondary N) is 1. The standard InChI is InChI=1S/C8H17N3S/c1-6-4-3-5-7(2)11(6)10-8(9)12/h6-7H,3-5H2,1-2H3,(H3,9,10,12). The van der Waals surface area contributed by atoms with Crippen molar-refractivity contribution in [2.75, 3.05) is 0 Å². The van der Waals surface area contributed by atoms with Crippen LogP contribution in [0.4, 0.5) is 0 Å². The zero-order valence-electron chi connectivity index (χ0n) is 7.71. The molecule has 0 radical (unpaired) electrons. The first-order chi connectivity index (χ1) is 5.61. The number of nitrogens with zero attached hydrogens (tertiary/aromatic N) is 1. The molecule has 1 aliphatic rings. The molecule has 2 unspecified atom stereocenters. The fourth-order valence-corrected chi connectivity index (χ4v) is 1.87. The number of hydrogen-bond acceptors (Lipinski definition) is 2. The Balaban J connectivity index is 2.50. The molecule has 12 heavy (non-hydrogen) atoms. The Labute approximate surface area is 79.3 Å². The summed E-state index contributed by atoms with van der Waals surface area (Å²) in [4.78, 5) is 0. The molecule has 2 atom stereocenters. The van der Waals surface area contributed by atoms with Crippen LogP contribution in [-0.2, 0) is 0 Å². The average Bonchev–Trinajstić information content (AvgIpc) is 1.97. The van der Waals surface area contributed by atoms with Gasteiger partial charge in [-0.25, -0.2) is 5.01 Å². The Bertz CT molecular complexity index is 162. The van der Waals surface area contributed by atoms with Gasteiger partial charge < -0.3 is 5.73 Å². The lowest BCUT2D eigenvalue weighted by atomic mass is 10.00. The molecule has 1 rings (SSSR count). The summed E-state index contributed by atoms with van der Waals surface area (Å²) < 4.78 is 0. The van der Waals surface area contributed by atoms with E-state index in [0.717, 1.165) is 0 Å². The SMILES string of the molecule is CC1CCCC(C)N1NC(N)=S. The first-order valence-electron chi connectivity index (χ1n) is 4.45. The van der Waals surface area contributed by atoms with Crippen molar-refractivity contribution in [2.45, 2.75) is 45.2 Å². The number of piperidine rings is 1. The van der Waals surface area contributed by atoms with Crippen molar-refractivity contribution in [2.24, 2.45) is 5.73 Å². The second-order valence-corrected chi connectivity index (χ2v) is 3.95. The van der Waals surface area contributed by atoms with E-state index in [1.165, 1.54) is 19.3 Å². The molecule has 1 saturated heterocycles. The van der Waals surface area contributed by atoms with Crippen molar-refractivity contribution in [3.05, 3.63) is 0 Å². The summed E-state index contributed by atoms with van der Waals surface area (Å²) >= 11 is 4.81. The summed E-state index contributed by atoms with van der Waals surface area (Å²) in [6.45, 7) is 4.39. The average molecular weight is 187 g/mol. The molecule has 0 bridgehead atoms. The van der Waals surface area contributed by atoms with Gasteiger partial charge in [-0.1, -0.05) is 6.42 Å². The maximum Gasteiger partial charge on any atom is 0.178 e. The first-order valence-corrected chi connectivity index (χ1v) is 4.86. The van der Waals surface area contributed by atoms with Crippen LogP contribution in [0, 0.1) is 0 Å². The quantitative estimate of drug-likeness (QED) is 0.601. The number of rotatable bonds is 1. The molecule has 0 aliphatic carbocycles. The third-order valence-electron chi connectivity index (χ3n) is 2.43. The van der Waals surface area contributed by atoms with Gasteiger partial charge >= 0.3 is 0 Å². The minimum atomic E-state index is 0.371. The van der Waals surface area contributed by atoms with Gasteiger partial charge in [-0.15, -0.1) is 0 Å². The van der Waals surface area contributed by atoms with Crippen LogP contribution in [0.15, 0.2) is 0 Å². The van der Waals surface area contributed by atoms with E-state index in [0.29, 0.717) is 17.2 Å². The van der Waals surface area contributed by atoms with Crippen LogP contribution in [0.3, 0.4) is 0 Å². The molecule has 0 aromatic heterocycles. The third-order valence-corrected chi connectivity index (χ3v) is 2.52. The van der Waals surface area contributed by atoms with Gasteiger partial charge in [-0.05, 0) is 38.9 Å². The third kappa shape index (κ3) is 2.32. The lowest BCUT2D eigenvalue weighted by molar-refractivity contribution is 0.0745. The van der Waals surface area contributed by atoms with E-state index in [-0.39, 0.29) is 0 Å². The maximum absolute atomic E-state index is 5.43. The van der Waals surface area contributed by atoms with Crippen molar-refractivity contribution in [1.29, 1.82) is 0 Å². The minimum absolute atomic E-state index is 0.371. The van der Waals surface area contributed by atoms with Crippen LogP contribution >= 0.6 is 12.2 Å². The van der Waals surface area contributed by atoms with E-state index >= 15 is 0 Å². The molecule has 0 aromatic carbocycles. The summed E-state index contributed by atoms with van der Waals surface area (Å²) in [5.41, 5.74) is 8.45. The highest BCUT2D eigenvalue weighted by Crippen LogP contribution is 2.19.